The van der Waals surface area contributed by atoms with E-state index >= 15 is 0 Å². The number of nitrogens with zero attached hydrogens (tertiary/aromatic N) is 2. The molecule has 21 heavy (non-hydrogen) atoms. The van der Waals surface area contributed by atoms with Crippen LogP contribution in [0.1, 0.15) is 46.1 Å². The van der Waals surface area contributed by atoms with Gasteiger partial charge >= 0.3 is 0 Å². The van der Waals surface area contributed by atoms with Gasteiger partial charge in [0.15, 0.2) is 0 Å². The van der Waals surface area contributed by atoms with Crippen molar-refractivity contribution < 1.29 is 9.84 Å². The Morgan fingerprint density at radius 2 is 1.90 bits per heavy atom. The molecule has 1 N–H and O–H groups in total. The Bertz CT molecular complexity index is 452. The molecule has 0 saturated carbocycles. The van der Waals surface area contributed by atoms with Gasteiger partial charge in [0.1, 0.15) is 5.75 Å². The lowest BCUT2D eigenvalue weighted by atomic mass is 9.85. The standard InChI is InChI=1S/C17H28N2O2/c1-13(2)12-19-7-5-17(20,6-8-19)15-9-16(11-18-10-15)21-14(3)4/h9-11,13-14,20H,5-8,12H2,1-4H3. The summed E-state index contributed by atoms with van der Waals surface area (Å²) in [6.45, 7) is 11.4. The average Bonchev–Trinajstić information content (AvgIpc) is 2.41. The van der Waals surface area contributed by atoms with Gasteiger partial charge in [-0.25, -0.2) is 0 Å². The fraction of sp³-hybridized carbons (Fsp3) is 0.706. The summed E-state index contributed by atoms with van der Waals surface area (Å²) in [5.74, 6) is 1.40. The van der Waals surface area contributed by atoms with E-state index in [1.165, 1.54) is 0 Å². The van der Waals surface area contributed by atoms with E-state index in [1.807, 2.05) is 19.9 Å². The molecule has 1 aromatic heterocycles. The molecule has 0 bridgehead atoms. The van der Waals surface area contributed by atoms with Crippen molar-refractivity contribution in [3.63, 3.8) is 0 Å². The van der Waals surface area contributed by atoms with Crippen LogP contribution < -0.4 is 4.74 Å². The largest absolute Gasteiger partial charge is 0.489 e. The number of ether oxygens (including phenoxy) is 1. The van der Waals surface area contributed by atoms with Gasteiger partial charge in [-0.1, -0.05) is 13.8 Å². The molecule has 0 unspecified atom stereocenters. The normalized spacial score (nSPS) is 19.2. The topological polar surface area (TPSA) is 45.6 Å². The van der Waals surface area contributed by atoms with Crippen LogP contribution in [0.4, 0.5) is 0 Å². The maximum Gasteiger partial charge on any atom is 0.138 e. The highest BCUT2D eigenvalue weighted by Gasteiger charge is 2.34. The zero-order valence-electron chi connectivity index (χ0n) is 13.7. The van der Waals surface area contributed by atoms with E-state index in [1.54, 1.807) is 12.4 Å². The van der Waals surface area contributed by atoms with E-state index in [-0.39, 0.29) is 6.10 Å². The van der Waals surface area contributed by atoms with Crippen molar-refractivity contribution in [3.05, 3.63) is 24.0 Å². The molecule has 1 aliphatic heterocycles. The predicted octanol–water partition coefficient (Wildman–Crippen LogP) is 2.81. The lowest BCUT2D eigenvalue weighted by Crippen LogP contribution is -2.43. The lowest BCUT2D eigenvalue weighted by molar-refractivity contribution is -0.0284. The Morgan fingerprint density at radius 3 is 2.48 bits per heavy atom. The quantitative estimate of drug-likeness (QED) is 0.906. The summed E-state index contributed by atoms with van der Waals surface area (Å²) in [5.41, 5.74) is 0.112. The van der Waals surface area contributed by atoms with E-state index in [0.717, 1.165) is 43.8 Å². The fourth-order valence-electron chi connectivity index (χ4n) is 2.92. The summed E-state index contributed by atoms with van der Waals surface area (Å²) in [7, 11) is 0. The monoisotopic (exact) mass is 292 g/mol. The molecule has 0 spiro atoms. The second-order valence-electron chi connectivity index (χ2n) is 6.80. The number of likely N-dealkylation sites (tertiary alicyclic amines) is 1. The van der Waals surface area contributed by atoms with Gasteiger partial charge in [0, 0.05) is 31.4 Å². The highest BCUT2D eigenvalue weighted by Crippen LogP contribution is 2.34. The van der Waals surface area contributed by atoms with Crippen LogP contribution in [0.25, 0.3) is 0 Å². The molecule has 0 aliphatic carbocycles. The Hall–Kier alpha value is -1.13. The van der Waals surface area contributed by atoms with Gasteiger partial charge in [-0.05, 0) is 38.7 Å². The van der Waals surface area contributed by atoms with Crippen LogP contribution in [0.15, 0.2) is 18.5 Å². The summed E-state index contributed by atoms with van der Waals surface area (Å²) in [4.78, 5) is 6.66. The van der Waals surface area contributed by atoms with Crippen molar-refractivity contribution in [1.29, 1.82) is 0 Å². The average molecular weight is 292 g/mol. The van der Waals surface area contributed by atoms with Crippen molar-refractivity contribution in [2.75, 3.05) is 19.6 Å². The summed E-state index contributed by atoms with van der Waals surface area (Å²) in [6, 6.07) is 1.94. The van der Waals surface area contributed by atoms with Crippen LogP contribution in [0.3, 0.4) is 0 Å². The molecule has 1 aliphatic rings. The smallest absolute Gasteiger partial charge is 0.138 e. The Kier molecular flexibility index (Phi) is 5.22. The molecule has 1 saturated heterocycles. The Morgan fingerprint density at radius 1 is 1.24 bits per heavy atom. The molecule has 0 atom stereocenters. The minimum absolute atomic E-state index is 0.115. The number of aliphatic hydroxyl groups is 1. The zero-order valence-corrected chi connectivity index (χ0v) is 13.7. The first-order valence-corrected chi connectivity index (χ1v) is 7.96. The Balaban J connectivity index is 2.04. The third-order valence-corrected chi connectivity index (χ3v) is 3.93. The van der Waals surface area contributed by atoms with Crippen LogP contribution in [0.5, 0.6) is 5.75 Å². The van der Waals surface area contributed by atoms with E-state index in [0.29, 0.717) is 5.92 Å². The van der Waals surface area contributed by atoms with Crippen molar-refractivity contribution in [2.24, 2.45) is 5.92 Å². The van der Waals surface area contributed by atoms with Crippen molar-refractivity contribution >= 4 is 0 Å². The third-order valence-electron chi connectivity index (χ3n) is 3.93. The molecule has 4 nitrogen and oxygen atoms in total. The molecular formula is C17H28N2O2. The first kappa shape index (κ1) is 16.2. The lowest BCUT2D eigenvalue weighted by Gasteiger charge is -2.39. The number of aromatic nitrogens is 1. The maximum absolute atomic E-state index is 10.9. The third kappa shape index (κ3) is 4.42. The molecule has 0 aromatic carbocycles. The number of hydrogen-bond donors (Lipinski definition) is 1. The van der Waals surface area contributed by atoms with Gasteiger partial charge in [-0.15, -0.1) is 0 Å². The van der Waals surface area contributed by atoms with Gasteiger partial charge in [-0.2, -0.15) is 0 Å². The SMILES string of the molecule is CC(C)CN1CCC(O)(c2cncc(OC(C)C)c2)CC1. The number of rotatable bonds is 5. The molecule has 4 heteroatoms. The summed E-state index contributed by atoms with van der Waals surface area (Å²) < 4.78 is 5.68. The maximum atomic E-state index is 10.9. The molecule has 1 fully saturated rings. The molecule has 2 rings (SSSR count). The van der Waals surface area contributed by atoms with Crippen LogP contribution in [-0.4, -0.2) is 40.7 Å². The number of hydrogen-bond acceptors (Lipinski definition) is 4. The van der Waals surface area contributed by atoms with Crippen molar-refractivity contribution in [2.45, 2.75) is 52.2 Å². The Labute approximate surface area is 128 Å². The minimum atomic E-state index is -0.767. The minimum Gasteiger partial charge on any atom is -0.489 e. The summed E-state index contributed by atoms with van der Waals surface area (Å²) >= 11 is 0. The molecule has 2 heterocycles. The van der Waals surface area contributed by atoms with Gasteiger partial charge in [0.25, 0.3) is 0 Å². The second kappa shape index (κ2) is 6.75. The molecule has 1 aromatic rings. The first-order chi connectivity index (χ1) is 9.89. The molecule has 118 valence electrons. The van der Waals surface area contributed by atoms with E-state index in [9.17, 15) is 5.11 Å². The highest BCUT2D eigenvalue weighted by molar-refractivity contribution is 5.28. The fourth-order valence-corrected chi connectivity index (χ4v) is 2.92. The molecular weight excluding hydrogens is 264 g/mol. The zero-order chi connectivity index (χ0) is 15.5. The van der Waals surface area contributed by atoms with Gasteiger partial charge in [0.2, 0.25) is 0 Å². The van der Waals surface area contributed by atoms with Crippen LogP contribution >= 0.6 is 0 Å². The van der Waals surface area contributed by atoms with Crippen molar-refractivity contribution in [3.8, 4) is 5.75 Å². The highest BCUT2D eigenvalue weighted by atomic mass is 16.5. The van der Waals surface area contributed by atoms with Gasteiger partial charge < -0.3 is 14.7 Å². The first-order valence-electron chi connectivity index (χ1n) is 7.96. The van der Waals surface area contributed by atoms with E-state index in [4.69, 9.17) is 4.74 Å². The van der Waals surface area contributed by atoms with Gasteiger partial charge in [-0.3, -0.25) is 4.98 Å². The predicted molar refractivity (Wildman–Crippen MR) is 84.4 cm³/mol. The van der Waals surface area contributed by atoms with E-state index in [2.05, 4.69) is 23.7 Å². The van der Waals surface area contributed by atoms with Crippen LogP contribution in [0.2, 0.25) is 0 Å². The number of piperidine rings is 1. The summed E-state index contributed by atoms with van der Waals surface area (Å²) in [5, 5.41) is 10.9. The van der Waals surface area contributed by atoms with Gasteiger partial charge in [0.05, 0.1) is 17.9 Å². The second-order valence-corrected chi connectivity index (χ2v) is 6.80. The summed E-state index contributed by atoms with van der Waals surface area (Å²) in [6.07, 6.45) is 5.11. The molecule has 0 radical (unpaired) electrons. The molecule has 0 amide bonds. The van der Waals surface area contributed by atoms with Crippen LogP contribution in [-0.2, 0) is 5.60 Å². The van der Waals surface area contributed by atoms with Crippen LogP contribution in [0, 0.1) is 5.92 Å². The number of pyridine rings is 1. The van der Waals surface area contributed by atoms with Crippen molar-refractivity contribution in [1.82, 2.24) is 9.88 Å². The van der Waals surface area contributed by atoms with E-state index < -0.39 is 5.60 Å².